The van der Waals surface area contributed by atoms with Gasteiger partial charge in [-0.25, -0.2) is 4.79 Å². The molecule has 0 aliphatic rings. The number of aromatic carboxylic acids is 1. The Bertz CT molecular complexity index is 342. The molecule has 0 aliphatic carbocycles. The minimum atomic E-state index is -0.860. The van der Waals surface area contributed by atoms with Crippen LogP contribution in [-0.2, 0) is 6.54 Å². The van der Waals surface area contributed by atoms with Crippen molar-refractivity contribution < 1.29 is 9.90 Å². The first kappa shape index (κ1) is 13.1. The summed E-state index contributed by atoms with van der Waals surface area (Å²) in [5.41, 5.74) is 1.24. The first-order valence-corrected chi connectivity index (χ1v) is 6.66. The Morgan fingerprint density at radius 1 is 1.44 bits per heavy atom. The van der Waals surface area contributed by atoms with E-state index in [2.05, 4.69) is 11.6 Å². The molecule has 0 spiro atoms. The van der Waals surface area contributed by atoms with E-state index in [9.17, 15) is 4.79 Å². The van der Waals surface area contributed by atoms with Crippen LogP contribution < -0.4 is 5.32 Å². The molecule has 0 saturated carbocycles. The Balaban J connectivity index is 2.44. The lowest BCUT2D eigenvalue weighted by molar-refractivity contribution is 0.0695. The van der Waals surface area contributed by atoms with Crippen LogP contribution >= 0.6 is 11.8 Å². The molecule has 0 saturated heterocycles. The summed E-state index contributed by atoms with van der Waals surface area (Å²) in [6, 6.07) is 7.11. The molecule has 1 rings (SSSR count). The second-order valence-corrected chi connectivity index (χ2v) is 4.47. The highest BCUT2D eigenvalue weighted by Gasteiger charge is 2.07. The Morgan fingerprint density at radius 2 is 2.19 bits per heavy atom. The summed E-state index contributed by atoms with van der Waals surface area (Å²) in [6.45, 7) is 1.55. The zero-order chi connectivity index (χ0) is 11.8. The highest BCUT2D eigenvalue weighted by atomic mass is 32.2. The molecule has 1 aromatic carbocycles. The summed E-state index contributed by atoms with van der Waals surface area (Å²) in [7, 11) is 0. The van der Waals surface area contributed by atoms with Crippen LogP contribution in [0.25, 0.3) is 0 Å². The van der Waals surface area contributed by atoms with E-state index in [0.29, 0.717) is 12.1 Å². The zero-order valence-electron chi connectivity index (χ0n) is 9.40. The summed E-state index contributed by atoms with van der Waals surface area (Å²) in [5.74, 6) is 0.273. The molecule has 0 heterocycles. The molecular formula is C12H17NO2S. The molecule has 2 N–H and O–H groups in total. The van der Waals surface area contributed by atoms with E-state index in [-0.39, 0.29) is 0 Å². The van der Waals surface area contributed by atoms with E-state index in [1.54, 1.807) is 12.1 Å². The van der Waals surface area contributed by atoms with Gasteiger partial charge >= 0.3 is 5.97 Å². The number of benzene rings is 1. The van der Waals surface area contributed by atoms with Crippen LogP contribution in [0.3, 0.4) is 0 Å². The molecule has 0 aromatic heterocycles. The average molecular weight is 239 g/mol. The predicted molar refractivity (Wildman–Crippen MR) is 68.1 cm³/mol. The van der Waals surface area contributed by atoms with Crippen LogP contribution in [0, 0.1) is 0 Å². The lowest BCUT2D eigenvalue weighted by Gasteiger charge is -2.07. The molecule has 0 unspecified atom stereocenters. The van der Waals surface area contributed by atoms with Crippen molar-refractivity contribution >= 4 is 17.7 Å². The summed E-state index contributed by atoms with van der Waals surface area (Å²) >= 11 is 1.82. The fourth-order valence-corrected chi connectivity index (χ4v) is 1.88. The first-order chi connectivity index (χ1) is 7.75. The molecule has 88 valence electrons. The van der Waals surface area contributed by atoms with Gasteiger partial charge in [-0.15, -0.1) is 0 Å². The topological polar surface area (TPSA) is 49.3 Å². The van der Waals surface area contributed by atoms with Crippen molar-refractivity contribution in [3.8, 4) is 0 Å². The van der Waals surface area contributed by atoms with Crippen LogP contribution in [0.1, 0.15) is 22.3 Å². The molecule has 0 bridgehead atoms. The number of carbonyl (C=O) groups is 1. The SMILES string of the molecule is CSCCCNCc1ccccc1C(=O)O. The van der Waals surface area contributed by atoms with E-state index >= 15 is 0 Å². The van der Waals surface area contributed by atoms with Crippen molar-refractivity contribution in [2.45, 2.75) is 13.0 Å². The lowest BCUT2D eigenvalue weighted by atomic mass is 10.1. The third-order valence-corrected chi connectivity index (χ3v) is 2.96. The number of hydrogen-bond donors (Lipinski definition) is 2. The van der Waals surface area contributed by atoms with Crippen LogP contribution in [0.2, 0.25) is 0 Å². The zero-order valence-corrected chi connectivity index (χ0v) is 10.2. The monoisotopic (exact) mass is 239 g/mol. The molecule has 0 amide bonds. The maximum absolute atomic E-state index is 10.9. The van der Waals surface area contributed by atoms with Gasteiger partial charge in [0.1, 0.15) is 0 Å². The second-order valence-electron chi connectivity index (χ2n) is 3.49. The van der Waals surface area contributed by atoms with Crippen molar-refractivity contribution in [1.82, 2.24) is 5.32 Å². The third kappa shape index (κ3) is 4.24. The maximum atomic E-state index is 10.9. The van der Waals surface area contributed by atoms with Gasteiger partial charge in [0, 0.05) is 6.54 Å². The molecule has 3 nitrogen and oxygen atoms in total. The van der Waals surface area contributed by atoms with E-state index < -0.39 is 5.97 Å². The van der Waals surface area contributed by atoms with Crippen LogP contribution in [-0.4, -0.2) is 29.6 Å². The van der Waals surface area contributed by atoms with Gasteiger partial charge in [0.05, 0.1) is 5.56 Å². The number of carboxylic acid groups (broad SMARTS) is 1. The standard InChI is InChI=1S/C12H17NO2S/c1-16-8-4-7-13-9-10-5-2-3-6-11(10)12(14)15/h2-3,5-6,13H,4,7-9H2,1H3,(H,14,15). The summed E-state index contributed by atoms with van der Waals surface area (Å²) in [6.07, 6.45) is 3.19. The molecule has 0 radical (unpaired) electrons. The highest BCUT2D eigenvalue weighted by Crippen LogP contribution is 2.08. The average Bonchev–Trinajstić information content (AvgIpc) is 2.29. The van der Waals surface area contributed by atoms with E-state index in [1.807, 2.05) is 23.9 Å². The van der Waals surface area contributed by atoms with Gasteiger partial charge in [-0.2, -0.15) is 11.8 Å². The molecule has 0 fully saturated rings. The van der Waals surface area contributed by atoms with Crippen molar-refractivity contribution in [3.05, 3.63) is 35.4 Å². The van der Waals surface area contributed by atoms with Gasteiger partial charge < -0.3 is 10.4 Å². The van der Waals surface area contributed by atoms with Gasteiger partial charge in [0.15, 0.2) is 0 Å². The molecular weight excluding hydrogens is 222 g/mol. The molecule has 0 aliphatic heterocycles. The maximum Gasteiger partial charge on any atom is 0.336 e. The number of nitrogens with one attached hydrogen (secondary N) is 1. The van der Waals surface area contributed by atoms with Crippen molar-refractivity contribution in [3.63, 3.8) is 0 Å². The summed E-state index contributed by atoms with van der Waals surface area (Å²) in [5, 5.41) is 12.2. The first-order valence-electron chi connectivity index (χ1n) is 5.26. The Labute approximate surface area is 100 Å². The van der Waals surface area contributed by atoms with Crippen molar-refractivity contribution in [1.29, 1.82) is 0 Å². The van der Waals surface area contributed by atoms with Crippen molar-refractivity contribution in [2.75, 3.05) is 18.6 Å². The Morgan fingerprint density at radius 3 is 2.88 bits per heavy atom. The number of carboxylic acids is 1. The van der Waals surface area contributed by atoms with Gasteiger partial charge in [-0.3, -0.25) is 0 Å². The van der Waals surface area contributed by atoms with E-state index in [4.69, 9.17) is 5.11 Å². The molecule has 4 heteroatoms. The van der Waals surface area contributed by atoms with Gasteiger partial charge in [0.25, 0.3) is 0 Å². The molecule has 0 atom stereocenters. The quantitative estimate of drug-likeness (QED) is 0.716. The third-order valence-electron chi connectivity index (χ3n) is 2.27. The Hall–Kier alpha value is -1.00. The largest absolute Gasteiger partial charge is 0.478 e. The van der Waals surface area contributed by atoms with Gasteiger partial charge in [-0.05, 0) is 36.6 Å². The Kier molecular flexibility index (Phi) is 5.96. The summed E-state index contributed by atoms with van der Waals surface area (Å²) < 4.78 is 0. The minimum absolute atomic E-state index is 0.389. The van der Waals surface area contributed by atoms with Crippen LogP contribution in [0.5, 0.6) is 0 Å². The smallest absolute Gasteiger partial charge is 0.336 e. The fraction of sp³-hybridized carbons (Fsp3) is 0.417. The predicted octanol–water partition coefficient (Wildman–Crippen LogP) is 2.23. The highest BCUT2D eigenvalue weighted by molar-refractivity contribution is 7.98. The van der Waals surface area contributed by atoms with Crippen molar-refractivity contribution in [2.24, 2.45) is 0 Å². The number of hydrogen-bond acceptors (Lipinski definition) is 3. The van der Waals surface area contributed by atoms with Crippen LogP contribution in [0.15, 0.2) is 24.3 Å². The lowest BCUT2D eigenvalue weighted by Crippen LogP contribution is -2.17. The van der Waals surface area contributed by atoms with E-state index in [0.717, 1.165) is 24.3 Å². The normalized spacial score (nSPS) is 10.3. The second kappa shape index (κ2) is 7.30. The number of rotatable bonds is 7. The van der Waals surface area contributed by atoms with Gasteiger partial charge in [-0.1, -0.05) is 18.2 Å². The van der Waals surface area contributed by atoms with Gasteiger partial charge in [0.2, 0.25) is 0 Å². The molecule has 1 aromatic rings. The fourth-order valence-electron chi connectivity index (χ4n) is 1.45. The summed E-state index contributed by atoms with van der Waals surface area (Å²) in [4.78, 5) is 10.9. The molecule has 16 heavy (non-hydrogen) atoms. The van der Waals surface area contributed by atoms with Crippen LogP contribution in [0.4, 0.5) is 0 Å². The van der Waals surface area contributed by atoms with E-state index in [1.165, 1.54) is 0 Å². The number of thioether (sulfide) groups is 1. The minimum Gasteiger partial charge on any atom is -0.478 e.